The average Bonchev–Trinajstić information content (AvgIpc) is 2.56. The van der Waals surface area contributed by atoms with E-state index in [0.717, 1.165) is 38.4 Å². The Morgan fingerprint density at radius 3 is 2.65 bits per heavy atom. The summed E-state index contributed by atoms with van der Waals surface area (Å²) in [6.45, 7) is 7.02. The summed E-state index contributed by atoms with van der Waals surface area (Å²) in [5.74, 6) is 0.588. The van der Waals surface area contributed by atoms with Gasteiger partial charge in [0.15, 0.2) is 0 Å². The lowest BCUT2D eigenvalue weighted by atomic mass is 10.2. The average molecular weight is 316 g/mol. The SMILES string of the molecule is C/C=C\C/C=C(\C)OC(=O)Nc1ccc(N2CCOCC2)cc1. The lowest BCUT2D eigenvalue weighted by Crippen LogP contribution is -2.36. The largest absolute Gasteiger partial charge is 0.416 e. The number of carbonyl (C=O) groups is 1. The second-order valence-electron chi connectivity index (χ2n) is 5.28. The van der Waals surface area contributed by atoms with E-state index in [1.54, 1.807) is 6.92 Å². The van der Waals surface area contributed by atoms with Crippen LogP contribution in [0, 0.1) is 0 Å². The molecule has 23 heavy (non-hydrogen) atoms. The van der Waals surface area contributed by atoms with Crippen molar-refractivity contribution in [3.05, 3.63) is 48.3 Å². The van der Waals surface area contributed by atoms with Crippen LogP contribution in [0.2, 0.25) is 0 Å². The highest BCUT2D eigenvalue weighted by atomic mass is 16.6. The summed E-state index contributed by atoms with van der Waals surface area (Å²) in [7, 11) is 0. The van der Waals surface area contributed by atoms with E-state index in [-0.39, 0.29) is 0 Å². The number of rotatable bonds is 5. The quantitative estimate of drug-likeness (QED) is 0.660. The molecule has 0 saturated carbocycles. The highest BCUT2D eigenvalue weighted by molar-refractivity contribution is 5.85. The fourth-order valence-electron chi connectivity index (χ4n) is 2.28. The zero-order valence-electron chi connectivity index (χ0n) is 13.7. The second-order valence-corrected chi connectivity index (χ2v) is 5.28. The lowest BCUT2D eigenvalue weighted by Gasteiger charge is -2.28. The van der Waals surface area contributed by atoms with E-state index in [1.165, 1.54) is 0 Å². The van der Waals surface area contributed by atoms with Gasteiger partial charge in [0.25, 0.3) is 0 Å². The molecule has 1 saturated heterocycles. The maximum absolute atomic E-state index is 11.8. The summed E-state index contributed by atoms with van der Waals surface area (Å²) in [6.07, 6.45) is 6.10. The van der Waals surface area contributed by atoms with Crippen molar-refractivity contribution in [1.29, 1.82) is 0 Å². The van der Waals surface area contributed by atoms with Gasteiger partial charge in [-0.2, -0.15) is 0 Å². The number of anilines is 2. The van der Waals surface area contributed by atoms with Crippen LogP contribution >= 0.6 is 0 Å². The molecular formula is C18H24N2O3. The molecule has 124 valence electrons. The number of carbonyl (C=O) groups excluding carboxylic acids is 1. The Hall–Kier alpha value is -2.27. The Morgan fingerprint density at radius 1 is 1.30 bits per heavy atom. The van der Waals surface area contributed by atoms with Gasteiger partial charge in [-0.25, -0.2) is 4.79 Å². The number of benzene rings is 1. The van der Waals surface area contributed by atoms with E-state index >= 15 is 0 Å². The first-order chi connectivity index (χ1) is 11.2. The van der Waals surface area contributed by atoms with Crippen LogP contribution in [0.5, 0.6) is 0 Å². The Labute approximate surface area is 137 Å². The summed E-state index contributed by atoms with van der Waals surface area (Å²) in [5, 5.41) is 2.73. The molecule has 0 aliphatic carbocycles. The van der Waals surface area contributed by atoms with Gasteiger partial charge in [0.2, 0.25) is 0 Å². The number of nitrogens with zero attached hydrogens (tertiary/aromatic N) is 1. The fourth-order valence-corrected chi connectivity index (χ4v) is 2.28. The molecule has 2 rings (SSSR count). The molecule has 0 radical (unpaired) electrons. The molecule has 1 aliphatic rings. The number of morpholine rings is 1. The number of ether oxygens (including phenoxy) is 2. The smallest absolute Gasteiger partial charge is 0.415 e. The molecule has 0 aromatic heterocycles. The third kappa shape index (κ3) is 5.79. The molecule has 0 unspecified atom stereocenters. The number of allylic oxidation sites excluding steroid dienone is 4. The van der Waals surface area contributed by atoms with Gasteiger partial charge in [0.05, 0.1) is 13.2 Å². The van der Waals surface area contributed by atoms with Crippen LogP contribution in [0.25, 0.3) is 0 Å². The Balaban J connectivity index is 1.85. The molecule has 0 spiro atoms. The molecule has 0 atom stereocenters. The molecule has 1 aromatic carbocycles. The van der Waals surface area contributed by atoms with Crippen molar-refractivity contribution < 1.29 is 14.3 Å². The molecule has 0 bridgehead atoms. The molecule has 1 aromatic rings. The van der Waals surface area contributed by atoms with Gasteiger partial charge in [-0.1, -0.05) is 12.2 Å². The molecule has 5 nitrogen and oxygen atoms in total. The van der Waals surface area contributed by atoms with Gasteiger partial charge >= 0.3 is 6.09 Å². The van der Waals surface area contributed by atoms with Gasteiger partial charge in [0.1, 0.15) is 5.76 Å². The van der Waals surface area contributed by atoms with Crippen LogP contribution in [0.4, 0.5) is 16.2 Å². The van der Waals surface area contributed by atoms with Crippen molar-refractivity contribution in [2.45, 2.75) is 20.3 Å². The molecular weight excluding hydrogens is 292 g/mol. The number of hydrogen-bond donors (Lipinski definition) is 1. The van der Waals surface area contributed by atoms with Crippen LogP contribution in [-0.2, 0) is 9.47 Å². The van der Waals surface area contributed by atoms with E-state index in [9.17, 15) is 4.79 Å². The molecule has 1 aliphatic heterocycles. The fraction of sp³-hybridized carbons (Fsp3) is 0.389. The maximum atomic E-state index is 11.8. The summed E-state index contributed by atoms with van der Waals surface area (Å²) < 4.78 is 10.5. The van der Waals surface area contributed by atoms with E-state index < -0.39 is 6.09 Å². The lowest BCUT2D eigenvalue weighted by molar-refractivity contribution is 0.122. The molecule has 1 fully saturated rings. The molecule has 1 N–H and O–H groups in total. The summed E-state index contributed by atoms with van der Waals surface area (Å²) in [5.41, 5.74) is 1.85. The van der Waals surface area contributed by atoms with Crippen LogP contribution in [0.1, 0.15) is 20.3 Å². The van der Waals surface area contributed by atoms with Crippen molar-refractivity contribution in [3.63, 3.8) is 0 Å². The normalized spacial score (nSPS) is 15.7. The van der Waals surface area contributed by atoms with Crippen molar-refractivity contribution >= 4 is 17.5 Å². The second kappa shape index (κ2) is 9.00. The topological polar surface area (TPSA) is 50.8 Å². The van der Waals surface area contributed by atoms with Gasteiger partial charge < -0.3 is 14.4 Å². The summed E-state index contributed by atoms with van der Waals surface area (Å²) >= 11 is 0. The number of amides is 1. The maximum Gasteiger partial charge on any atom is 0.416 e. The minimum Gasteiger partial charge on any atom is -0.415 e. The standard InChI is InChI=1S/C18H24N2O3/c1-3-4-5-6-15(2)23-18(21)19-16-7-9-17(10-8-16)20-11-13-22-14-12-20/h3-4,6-10H,5,11-14H2,1-2H3,(H,19,21)/b4-3-,15-6+. The van der Waals surface area contributed by atoms with E-state index in [1.807, 2.05) is 49.4 Å². The van der Waals surface area contributed by atoms with Gasteiger partial charge in [0, 0.05) is 24.5 Å². The monoisotopic (exact) mass is 316 g/mol. The Kier molecular flexibility index (Phi) is 6.69. The molecule has 1 heterocycles. The van der Waals surface area contributed by atoms with Crippen molar-refractivity contribution in [2.24, 2.45) is 0 Å². The number of hydrogen-bond acceptors (Lipinski definition) is 4. The van der Waals surface area contributed by atoms with Gasteiger partial charge in [-0.15, -0.1) is 0 Å². The zero-order valence-corrected chi connectivity index (χ0v) is 13.7. The predicted octanol–water partition coefficient (Wildman–Crippen LogP) is 3.94. The predicted molar refractivity (Wildman–Crippen MR) is 92.8 cm³/mol. The van der Waals surface area contributed by atoms with Crippen molar-refractivity contribution in [2.75, 3.05) is 36.5 Å². The van der Waals surface area contributed by atoms with Crippen molar-refractivity contribution in [1.82, 2.24) is 0 Å². The first kappa shape index (κ1) is 17.1. The molecule has 1 amide bonds. The van der Waals surface area contributed by atoms with Crippen LogP contribution in [-0.4, -0.2) is 32.4 Å². The summed E-state index contributed by atoms with van der Waals surface area (Å²) in [4.78, 5) is 14.1. The minimum absolute atomic E-state index is 0.474. The minimum atomic E-state index is -0.474. The van der Waals surface area contributed by atoms with E-state index in [4.69, 9.17) is 9.47 Å². The van der Waals surface area contributed by atoms with Gasteiger partial charge in [-0.05, 0) is 50.6 Å². The van der Waals surface area contributed by atoms with Crippen LogP contribution < -0.4 is 10.2 Å². The first-order valence-corrected chi connectivity index (χ1v) is 7.88. The molecule has 5 heteroatoms. The van der Waals surface area contributed by atoms with Crippen molar-refractivity contribution in [3.8, 4) is 0 Å². The third-order valence-electron chi connectivity index (χ3n) is 3.52. The Bertz CT molecular complexity index is 558. The highest BCUT2D eigenvalue weighted by Gasteiger charge is 2.11. The summed E-state index contributed by atoms with van der Waals surface area (Å²) in [6, 6.07) is 7.75. The van der Waals surface area contributed by atoms with E-state index in [2.05, 4.69) is 10.2 Å². The van der Waals surface area contributed by atoms with Crippen LogP contribution in [0.3, 0.4) is 0 Å². The Morgan fingerprint density at radius 2 is 2.00 bits per heavy atom. The van der Waals surface area contributed by atoms with Gasteiger partial charge in [-0.3, -0.25) is 5.32 Å². The number of nitrogens with one attached hydrogen (secondary N) is 1. The third-order valence-corrected chi connectivity index (χ3v) is 3.52. The zero-order chi connectivity index (χ0) is 16.5. The highest BCUT2D eigenvalue weighted by Crippen LogP contribution is 2.19. The van der Waals surface area contributed by atoms with Crippen LogP contribution in [0.15, 0.2) is 48.3 Å². The first-order valence-electron chi connectivity index (χ1n) is 7.88. The van der Waals surface area contributed by atoms with E-state index in [0.29, 0.717) is 11.4 Å².